The van der Waals surface area contributed by atoms with E-state index in [2.05, 4.69) is 4.98 Å². The van der Waals surface area contributed by atoms with E-state index >= 15 is 0 Å². The minimum Gasteiger partial charge on any atom is -0.490 e. The summed E-state index contributed by atoms with van der Waals surface area (Å²) >= 11 is 5.89. The third-order valence-electron chi connectivity index (χ3n) is 4.35. The number of carbonyl (C=O) groups is 2. The fraction of sp³-hybridized carbons (Fsp3) is 0.389. The summed E-state index contributed by atoms with van der Waals surface area (Å²) in [4.78, 5) is 29.8. The fourth-order valence-electron chi connectivity index (χ4n) is 3.12. The number of oxazole rings is 1. The number of nitrogens with zero attached hydrogens (tertiary/aromatic N) is 2. The van der Waals surface area contributed by atoms with E-state index < -0.39 is 5.91 Å². The lowest BCUT2D eigenvalue weighted by Crippen LogP contribution is -2.49. The second-order valence-corrected chi connectivity index (χ2v) is 6.77. The molecule has 2 N–H and O–H groups in total. The molecule has 3 rings (SSSR count). The number of likely N-dealkylation sites (tertiary alicyclic amines) is 1. The Morgan fingerprint density at radius 2 is 2.12 bits per heavy atom. The largest absolute Gasteiger partial charge is 0.490 e. The van der Waals surface area contributed by atoms with Gasteiger partial charge in [-0.2, -0.15) is 0 Å². The molecule has 8 heteroatoms. The molecule has 2 amide bonds. The lowest BCUT2D eigenvalue weighted by atomic mass is 9.91. The third kappa shape index (κ3) is 4.35. The van der Waals surface area contributed by atoms with Crippen molar-refractivity contribution >= 4 is 23.4 Å². The Labute approximate surface area is 156 Å². The molecule has 0 spiro atoms. The highest BCUT2D eigenvalue weighted by Crippen LogP contribution is 2.27. The zero-order valence-electron chi connectivity index (χ0n) is 14.4. The van der Waals surface area contributed by atoms with Gasteiger partial charge in [-0.3, -0.25) is 9.59 Å². The predicted molar refractivity (Wildman–Crippen MR) is 94.9 cm³/mol. The Bertz CT molecular complexity index is 790. The van der Waals surface area contributed by atoms with Gasteiger partial charge in [0, 0.05) is 43.8 Å². The number of nitrogens with two attached hydrogens (primary N) is 1. The number of hydrogen-bond acceptors (Lipinski definition) is 5. The second-order valence-electron chi connectivity index (χ2n) is 6.33. The van der Waals surface area contributed by atoms with E-state index in [0.29, 0.717) is 36.2 Å². The molecule has 7 nitrogen and oxygen atoms in total. The molecule has 2 heterocycles. The molecule has 26 heavy (non-hydrogen) atoms. The number of primary amides is 1. The first-order valence-electron chi connectivity index (χ1n) is 8.34. The second kappa shape index (κ2) is 7.78. The van der Waals surface area contributed by atoms with Gasteiger partial charge >= 0.3 is 0 Å². The van der Waals surface area contributed by atoms with Gasteiger partial charge < -0.3 is 19.8 Å². The van der Waals surface area contributed by atoms with Crippen molar-refractivity contribution in [1.82, 2.24) is 9.88 Å². The van der Waals surface area contributed by atoms with Gasteiger partial charge in [-0.15, -0.1) is 0 Å². The molecule has 1 fully saturated rings. The number of ether oxygens (including phenoxy) is 1. The van der Waals surface area contributed by atoms with Gasteiger partial charge in [-0.1, -0.05) is 11.6 Å². The maximum atomic E-state index is 12.6. The molecule has 2 aromatic rings. The van der Waals surface area contributed by atoms with Crippen molar-refractivity contribution in [1.29, 1.82) is 0 Å². The van der Waals surface area contributed by atoms with Gasteiger partial charge in [0.2, 0.25) is 5.91 Å². The van der Waals surface area contributed by atoms with E-state index in [4.69, 9.17) is 26.5 Å². The summed E-state index contributed by atoms with van der Waals surface area (Å²) in [5.74, 6) is 0.255. The van der Waals surface area contributed by atoms with Gasteiger partial charge in [-0.25, -0.2) is 4.98 Å². The highest BCUT2D eigenvalue weighted by molar-refractivity contribution is 6.30. The van der Waals surface area contributed by atoms with E-state index in [0.717, 1.165) is 0 Å². The summed E-state index contributed by atoms with van der Waals surface area (Å²) < 4.78 is 11.1. The summed E-state index contributed by atoms with van der Waals surface area (Å²) in [6, 6.07) is 7.04. The van der Waals surface area contributed by atoms with Crippen LogP contribution in [0.5, 0.6) is 5.75 Å². The smallest absolute Gasteiger partial charge is 0.275 e. The number of halogens is 1. The summed E-state index contributed by atoms with van der Waals surface area (Å²) in [5, 5.41) is 0.620. The first-order valence-corrected chi connectivity index (χ1v) is 8.72. The van der Waals surface area contributed by atoms with Gasteiger partial charge in [0.1, 0.15) is 18.1 Å². The van der Waals surface area contributed by atoms with E-state index in [1.165, 1.54) is 6.26 Å². The van der Waals surface area contributed by atoms with Crippen molar-refractivity contribution in [2.24, 2.45) is 11.7 Å². The first kappa shape index (κ1) is 18.3. The van der Waals surface area contributed by atoms with E-state index in [-0.39, 0.29) is 30.0 Å². The Morgan fingerprint density at radius 1 is 1.38 bits per heavy atom. The summed E-state index contributed by atoms with van der Waals surface area (Å²) in [6.45, 7) is 2.54. The van der Waals surface area contributed by atoms with Crippen molar-refractivity contribution in [2.45, 2.75) is 25.9 Å². The molecule has 0 aliphatic carbocycles. The molecule has 138 valence electrons. The average molecular weight is 378 g/mol. The normalized spacial score (nSPS) is 20.0. The minimum atomic E-state index is -0.425. The van der Waals surface area contributed by atoms with Crippen molar-refractivity contribution in [3.05, 3.63) is 47.1 Å². The summed E-state index contributed by atoms with van der Waals surface area (Å²) in [5.41, 5.74) is 5.65. The van der Waals surface area contributed by atoms with Crippen LogP contribution in [0.25, 0.3) is 0 Å². The van der Waals surface area contributed by atoms with Crippen molar-refractivity contribution < 1.29 is 18.7 Å². The van der Waals surface area contributed by atoms with Crippen LogP contribution in [0.15, 0.2) is 34.9 Å². The van der Waals surface area contributed by atoms with Crippen LogP contribution in [0.1, 0.15) is 29.2 Å². The highest BCUT2D eigenvalue weighted by Gasteiger charge is 2.35. The maximum absolute atomic E-state index is 12.6. The Kier molecular flexibility index (Phi) is 5.46. The SMILES string of the molecule is Cc1nc(C(=O)N2CC[C@H](Oc3ccc(Cl)cc3)[C@@H](CC(N)=O)C2)co1. The van der Waals surface area contributed by atoms with E-state index in [9.17, 15) is 9.59 Å². The number of amides is 2. The van der Waals surface area contributed by atoms with Crippen LogP contribution < -0.4 is 10.5 Å². The zero-order valence-corrected chi connectivity index (χ0v) is 15.1. The molecular weight excluding hydrogens is 358 g/mol. The number of aryl methyl sites for hydroxylation is 1. The van der Waals surface area contributed by atoms with Crippen LogP contribution in [0.2, 0.25) is 5.02 Å². The van der Waals surface area contributed by atoms with Crippen molar-refractivity contribution in [3.8, 4) is 5.75 Å². The highest BCUT2D eigenvalue weighted by atomic mass is 35.5. The Hall–Kier alpha value is -2.54. The molecule has 1 aromatic carbocycles. The molecule has 0 saturated carbocycles. The van der Waals surface area contributed by atoms with Crippen LogP contribution in [-0.2, 0) is 4.79 Å². The summed E-state index contributed by atoms with van der Waals surface area (Å²) in [7, 11) is 0. The molecule has 0 bridgehead atoms. The number of piperidine rings is 1. The number of aromatic nitrogens is 1. The van der Waals surface area contributed by atoms with Crippen LogP contribution in [0.4, 0.5) is 0 Å². The number of hydrogen-bond donors (Lipinski definition) is 1. The minimum absolute atomic E-state index is 0.139. The molecule has 1 saturated heterocycles. The van der Waals surface area contributed by atoms with Crippen LogP contribution in [-0.4, -0.2) is 40.9 Å². The fourth-order valence-corrected chi connectivity index (χ4v) is 3.24. The lowest BCUT2D eigenvalue weighted by molar-refractivity contribution is -0.120. The average Bonchev–Trinajstić information content (AvgIpc) is 3.03. The van der Waals surface area contributed by atoms with Gasteiger partial charge in [0.15, 0.2) is 11.6 Å². The molecule has 0 unspecified atom stereocenters. The van der Waals surface area contributed by atoms with Crippen LogP contribution in [0.3, 0.4) is 0 Å². The molecule has 0 radical (unpaired) electrons. The predicted octanol–water partition coefficient (Wildman–Crippen LogP) is 2.42. The van der Waals surface area contributed by atoms with Crippen molar-refractivity contribution in [3.63, 3.8) is 0 Å². The quantitative estimate of drug-likeness (QED) is 0.862. The molecule has 2 atom stereocenters. The van der Waals surface area contributed by atoms with Crippen LogP contribution >= 0.6 is 11.6 Å². The van der Waals surface area contributed by atoms with Gasteiger partial charge in [0.05, 0.1) is 0 Å². The maximum Gasteiger partial charge on any atom is 0.275 e. The lowest BCUT2D eigenvalue weighted by Gasteiger charge is -2.37. The number of carbonyl (C=O) groups excluding carboxylic acids is 2. The standard InChI is InChI=1S/C18H20ClN3O4/c1-11-21-15(10-25-11)18(24)22-7-6-16(12(9-22)8-17(20)23)26-14-4-2-13(19)3-5-14/h2-5,10,12,16H,6-9H2,1H3,(H2,20,23)/t12-,16-/m0/s1. The molecule has 1 aliphatic heterocycles. The first-order chi connectivity index (χ1) is 12.4. The van der Waals surface area contributed by atoms with E-state index in [1.54, 1.807) is 36.1 Å². The van der Waals surface area contributed by atoms with Gasteiger partial charge in [0.25, 0.3) is 5.91 Å². The summed E-state index contributed by atoms with van der Waals surface area (Å²) in [6.07, 6.45) is 1.85. The monoisotopic (exact) mass is 377 g/mol. The molecular formula is C18H20ClN3O4. The van der Waals surface area contributed by atoms with Gasteiger partial charge in [-0.05, 0) is 24.3 Å². The molecule has 1 aromatic heterocycles. The zero-order chi connectivity index (χ0) is 18.7. The Morgan fingerprint density at radius 3 is 2.73 bits per heavy atom. The topological polar surface area (TPSA) is 98.7 Å². The number of rotatable bonds is 5. The van der Waals surface area contributed by atoms with Crippen molar-refractivity contribution in [2.75, 3.05) is 13.1 Å². The number of benzene rings is 1. The third-order valence-corrected chi connectivity index (χ3v) is 4.61. The van der Waals surface area contributed by atoms with E-state index in [1.807, 2.05) is 0 Å². The molecule has 1 aliphatic rings. The Balaban J connectivity index is 1.71. The van der Waals surface area contributed by atoms with Crippen LogP contribution in [0, 0.1) is 12.8 Å².